The molecule has 14 nitrogen and oxygen atoms in total. The average molecular weight is 432 g/mol. The summed E-state index contributed by atoms with van der Waals surface area (Å²) >= 11 is 0. The molecule has 14 heteroatoms. The van der Waals surface area contributed by atoms with Crippen LogP contribution in [0.4, 0.5) is 33.5 Å². The lowest BCUT2D eigenvalue weighted by Gasteiger charge is -2.34. The highest BCUT2D eigenvalue weighted by molar-refractivity contribution is 5.72. The average Bonchev–Trinajstić information content (AvgIpc) is 2.77. The van der Waals surface area contributed by atoms with Crippen molar-refractivity contribution in [2.45, 2.75) is 6.92 Å². The molecule has 1 aliphatic heterocycles. The summed E-state index contributed by atoms with van der Waals surface area (Å²) in [5.41, 5.74) is 5.43. The van der Waals surface area contributed by atoms with Gasteiger partial charge in [0, 0.05) is 38.3 Å². The summed E-state index contributed by atoms with van der Waals surface area (Å²) in [6.45, 7) is 3.34. The second-order valence-corrected chi connectivity index (χ2v) is 6.38. The van der Waals surface area contributed by atoms with Crippen molar-refractivity contribution in [2.75, 3.05) is 48.5 Å². The molecule has 1 fully saturated rings. The van der Waals surface area contributed by atoms with E-state index >= 15 is 0 Å². The number of rotatable bonds is 7. The number of piperazine rings is 1. The number of anilines is 3. The Labute approximate surface area is 176 Å². The standard InChI is InChI=1S/C17H20N8O6/c1-2-31-17(26)23-9-7-22(8-10-23)16-14(25(29)30)15(18-11-19-16)21-20-12-3-5-13(6-4-12)24(27)28/h3-6,11,20H,2,7-10H2,1H3,(H,18,19,21). The van der Waals surface area contributed by atoms with Crippen molar-refractivity contribution >= 4 is 34.8 Å². The van der Waals surface area contributed by atoms with E-state index in [2.05, 4.69) is 20.8 Å². The third-order valence-electron chi connectivity index (χ3n) is 4.49. The van der Waals surface area contributed by atoms with Crippen molar-refractivity contribution in [1.29, 1.82) is 0 Å². The van der Waals surface area contributed by atoms with E-state index in [4.69, 9.17) is 4.74 Å². The van der Waals surface area contributed by atoms with E-state index in [1.54, 1.807) is 11.8 Å². The first-order valence-electron chi connectivity index (χ1n) is 9.33. The first-order valence-corrected chi connectivity index (χ1v) is 9.33. The number of nitrogens with zero attached hydrogens (tertiary/aromatic N) is 6. The Morgan fingerprint density at radius 2 is 1.74 bits per heavy atom. The molecule has 0 spiro atoms. The molecule has 1 saturated heterocycles. The summed E-state index contributed by atoms with van der Waals surface area (Å²) in [5.74, 6) is 0.0534. The van der Waals surface area contributed by atoms with E-state index in [1.165, 1.54) is 35.5 Å². The minimum Gasteiger partial charge on any atom is -0.450 e. The lowest BCUT2D eigenvalue weighted by atomic mass is 10.3. The van der Waals surface area contributed by atoms with Crippen LogP contribution in [0.15, 0.2) is 30.6 Å². The number of carbonyl (C=O) groups excluding carboxylic acids is 1. The van der Waals surface area contributed by atoms with E-state index in [-0.39, 0.29) is 29.6 Å². The van der Waals surface area contributed by atoms with Gasteiger partial charge in [0.05, 0.1) is 22.1 Å². The number of aromatic nitrogens is 2. The van der Waals surface area contributed by atoms with Gasteiger partial charge in [-0.25, -0.2) is 14.8 Å². The zero-order valence-electron chi connectivity index (χ0n) is 16.6. The Bertz CT molecular complexity index is 962. The van der Waals surface area contributed by atoms with Crippen LogP contribution in [-0.4, -0.2) is 63.6 Å². The van der Waals surface area contributed by atoms with Crippen molar-refractivity contribution in [2.24, 2.45) is 0 Å². The van der Waals surface area contributed by atoms with Crippen molar-refractivity contribution in [3.63, 3.8) is 0 Å². The Kier molecular flexibility index (Phi) is 6.59. The fraction of sp³-hybridized carbons (Fsp3) is 0.353. The second kappa shape index (κ2) is 9.51. The topological polar surface area (TPSA) is 169 Å². The largest absolute Gasteiger partial charge is 0.450 e. The Morgan fingerprint density at radius 1 is 1.06 bits per heavy atom. The zero-order valence-corrected chi connectivity index (χ0v) is 16.6. The van der Waals surface area contributed by atoms with E-state index < -0.39 is 15.9 Å². The number of nitrogens with one attached hydrogen (secondary N) is 2. The molecule has 1 aliphatic rings. The second-order valence-electron chi connectivity index (χ2n) is 6.38. The van der Waals surface area contributed by atoms with Gasteiger partial charge in [0.2, 0.25) is 11.6 Å². The smallest absolute Gasteiger partial charge is 0.409 e. The third kappa shape index (κ3) is 5.04. The number of amides is 1. The SMILES string of the molecule is CCOC(=O)N1CCN(c2ncnc(NNc3ccc([N+](=O)[O-])cc3)c2[N+](=O)[O-])CC1. The molecule has 0 atom stereocenters. The fourth-order valence-corrected chi connectivity index (χ4v) is 2.97. The first kappa shape index (κ1) is 21.5. The predicted molar refractivity (Wildman–Crippen MR) is 110 cm³/mol. The predicted octanol–water partition coefficient (Wildman–Crippen LogP) is 2.01. The number of carbonyl (C=O) groups is 1. The monoisotopic (exact) mass is 432 g/mol. The van der Waals surface area contributed by atoms with Crippen LogP contribution >= 0.6 is 0 Å². The van der Waals surface area contributed by atoms with Crippen LogP contribution < -0.4 is 15.8 Å². The van der Waals surface area contributed by atoms with Gasteiger partial charge in [-0.1, -0.05) is 0 Å². The van der Waals surface area contributed by atoms with Crippen LogP contribution in [-0.2, 0) is 4.74 Å². The molecule has 0 aliphatic carbocycles. The summed E-state index contributed by atoms with van der Waals surface area (Å²) < 4.78 is 4.98. The molecule has 0 bridgehead atoms. The Balaban J connectivity index is 1.73. The van der Waals surface area contributed by atoms with Crippen LogP contribution in [0.3, 0.4) is 0 Å². The van der Waals surface area contributed by atoms with Crippen molar-refractivity contribution in [3.05, 3.63) is 50.8 Å². The number of non-ortho nitro benzene ring substituents is 1. The summed E-state index contributed by atoms with van der Waals surface area (Å²) in [7, 11) is 0. The highest BCUT2D eigenvalue weighted by Crippen LogP contribution is 2.32. The van der Waals surface area contributed by atoms with Crippen LogP contribution in [0.25, 0.3) is 0 Å². The number of hydrazine groups is 1. The summed E-state index contributed by atoms with van der Waals surface area (Å²) in [5, 5.41) is 22.5. The highest BCUT2D eigenvalue weighted by Gasteiger charge is 2.30. The lowest BCUT2D eigenvalue weighted by molar-refractivity contribution is -0.384. The van der Waals surface area contributed by atoms with Crippen LogP contribution in [0.2, 0.25) is 0 Å². The molecule has 1 amide bonds. The molecule has 1 aromatic carbocycles. The van der Waals surface area contributed by atoms with Crippen molar-refractivity contribution < 1.29 is 19.4 Å². The number of benzene rings is 1. The van der Waals surface area contributed by atoms with Crippen molar-refractivity contribution in [1.82, 2.24) is 14.9 Å². The summed E-state index contributed by atoms with van der Waals surface area (Å²) in [4.78, 5) is 44.4. The number of nitro benzene ring substituents is 1. The molecule has 31 heavy (non-hydrogen) atoms. The molecule has 1 aromatic heterocycles. The van der Waals surface area contributed by atoms with Gasteiger partial charge in [0.1, 0.15) is 6.33 Å². The lowest BCUT2D eigenvalue weighted by Crippen LogP contribution is -2.49. The molecular formula is C17H20N8O6. The van der Waals surface area contributed by atoms with E-state index in [0.29, 0.717) is 31.9 Å². The molecule has 0 saturated carbocycles. The molecule has 164 valence electrons. The molecule has 0 radical (unpaired) electrons. The van der Waals surface area contributed by atoms with Crippen LogP contribution in [0.1, 0.15) is 6.92 Å². The van der Waals surface area contributed by atoms with Crippen molar-refractivity contribution in [3.8, 4) is 0 Å². The molecular weight excluding hydrogens is 412 g/mol. The third-order valence-corrected chi connectivity index (χ3v) is 4.49. The fourth-order valence-electron chi connectivity index (χ4n) is 2.97. The Morgan fingerprint density at radius 3 is 2.32 bits per heavy atom. The van der Waals surface area contributed by atoms with Gasteiger partial charge in [-0.15, -0.1) is 0 Å². The number of nitro groups is 2. The van der Waals surface area contributed by atoms with E-state index in [9.17, 15) is 25.0 Å². The van der Waals surface area contributed by atoms with E-state index in [1.807, 2.05) is 0 Å². The first-order chi connectivity index (χ1) is 14.9. The van der Waals surface area contributed by atoms with Gasteiger partial charge in [0.25, 0.3) is 5.69 Å². The highest BCUT2D eigenvalue weighted by atomic mass is 16.6. The van der Waals surface area contributed by atoms with Crippen LogP contribution in [0, 0.1) is 20.2 Å². The van der Waals surface area contributed by atoms with E-state index in [0.717, 1.165) is 0 Å². The minimum atomic E-state index is -0.590. The molecule has 0 unspecified atom stereocenters. The molecule has 2 aromatic rings. The summed E-state index contributed by atoms with van der Waals surface area (Å²) in [6.07, 6.45) is 0.772. The van der Waals surface area contributed by atoms with Gasteiger partial charge in [0.15, 0.2) is 0 Å². The Hall–Kier alpha value is -4.23. The van der Waals surface area contributed by atoms with Crippen LogP contribution in [0.5, 0.6) is 0 Å². The number of hydrogen-bond donors (Lipinski definition) is 2. The maximum Gasteiger partial charge on any atom is 0.409 e. The number of ether oxygens (including phenoxy) is 1. The van der Waals surface area contributed by atoms with Gasteiger partial charge in [-0.05, 0) is 19.1 Å². The number of hydrogen-bond acceptors (Lipinski definition) is 11. The van der Waals surface area contributed by atoms with Gasteiger partial charge in [-0.3, -0.25) is 31.1 Å². The van der Waals surface area contributed by atoms with Gasteiger partial charge >= 0.3 is 11.8 Å². The quantitative estimate of drug-likeness (QED) is 0.484. The van der Waals surface area contributed by atoms with Gasteiger partial charge < -0.3 is 14.5 Å². The van der Waals surface area contributed by atoms with Gasteiger partial charge in [-0.2, -0.15) is 0 Å². The normalized spacial score (nSPS) is 13.5. The molecule has 3 rings (SSSR count). The minimum absolute atomic E-state index is 0.0684. The molecule has 2 N–H and O–H groups in total. The molecule has 2 heterocycles. The zero-order chi connectivity index (χ0) is 22.4. The summed E-state index contributed by atoms with van der Waals surface area (Å²) in [6, 6.07) is 5.50. The maximum atomic E-state index is 11.8. The maximum absolute atomic E-state index is 11.8.